The van der Waals surface area contributed by atoms with Gasteiger partial charge in [0, 0.05) is 21.0 Å². The molecule has 2 amide bonds. The molecule has 0 bridgehead atoms. The molecule has 182 valence electrons. The van der Waals surface area contributed by atoms with Crippen molar-refractivity contribution in [1.29, 1.82) is 0 Å². The maximum atomic E-state index is 12.8. The lowest BCUT2D eigenvalue weighted by Crippen LogP contribution is -2.22. The number of nitrogens with one attached hydrogen (secondary N) is 2. The molecule has 3 N–H and O–H groups in total. The molecule has 0 spiro atoms. The Bertz CT molecular complexity index is 1400. The molecule has 4 rings (SSSR count). The lowest BCUT2D eigenvalue weighted by Gasteiger charge is -2.12. The van der Waals surface area contributed by atoms with Gasteiger partial charge in [-0.3, -0.25) is 9.59 Å². The molecule has 36 heavy (non-hydrogen) atoms. The van der Waals surface area contributed by atoms with Crippen LogP contribution in [0.25, 0.3) is 11.3 Å². The van der Waals surface area contributed by atoms with Gasteiger partial charge in [0.25, 0.3) is 5.91 Å². The van der Waals surface area contributed by atoms with Crippen LogP contribution in [-0.4, -0.2) is 33.1 Å². The fourth-order valence-corrected chi connectivity index (χ4v) is 5.17. The van der Waals surface area contributed by atoms with Crippen LogP contribution in [-0.2, 0) is 4.79 Å². The Balaban J connectivity index is 1.36. The predicted molar refractivity (Wildman–Crippen MR) is 144 cm³/mol. The van der Waals surface area contributed by atoms with Gasteiger partial charge in [-0.2, -0.15) is 0 Å². The average molecular weight is 518 g/mol. The van der Waals surface area contributed by atoms with E-state index in [0.29, 0.717) is 10.8 Å². The van der Waals surface area contributed by atoms with E-state index in [1.54, 1.807) is 36.4 Å². The molecular weight excluding hydrogens is 494 g/mol. The minimum atomic E-state index is -1.16. The number of anilines is 2. The second-order valence-electron chi connectivity index (χ2n) is 7.87. The molecule has 0 saturated heterocycles. The Morgan fingerprint density at radius 2 is 1.53 bits per heavy atom. The van der Waals surface area contributed by atoms with E-state index in [1.165, 1.54) is 35.2 Å². The van der Waals surface area contributed by atoms with Crippen LogP contribution in [0.2, 0.25) is 0 Å². The van der Waals surface area contributed by atoms with Crippen molar-refractivity contribution in [2.24, 2.45) is 0 Å². The minimum absolute atomic E-state index is 0.0617. The predicted octanol–water partition coefficient (Wildman–Crippen LogP) is 6.19. The third-order valence-corrected chi connectivity index (χ3v) is 7.27. The van der Waals surface area contributed by atoms with Gasteiger partial charge in [-0.15, -0.1) is 23.1 Å². The van der Waals surface area contributed by atoms with Crippen LogP contribution in [0.1, 0.15) is 32.5 Å². The fourth-order valence-electron chi connectivity index (χ4n) is 3.46. The van der Waals surface area contributed by atoms with Crippen LogP contribution in [0.4, 0.5) is 10.8 Å². The highest BCUT2D eigenvalue weighted by Gasteiger charge is 2.19. The summed E-state index contributed by atoms with van der Waals surface area (Å²) in [6, 6.07) is 22.9. The number of amides is 2. The number of thiazole rings is 1. The van der Waals surface area contributed by atoms with Crippen molar-refractivity contribution in [3.05, 3.63) is 94.9 Å². The largest absolute Gasteiger partial charge is 0.478 e. The van der Waals surface area contributed by atoms with Gasteiger partial charge < -0.3 is 15.7 Å². The lowest BCUT2D eigenvalue weighted by molar-refractivity contribution is -0.115. The van der Waals surface area contributed by atoms with Crippen LogP contribution in [0.5, 0.6) is 0 Å². The zero-order valence-corrected chi connectivity index (χ0v) is 21.2. The highest BCUT2D eigenvalue weighted by atomic mass is 32.2. The minimum Gasteiger partial charge on any atom is -0.478 e. The number of carbonyl (C=O) groups is 3. The van der Waals surface area contributed by atoms with Crippen molar-refractivity contribution in [2.75, 3.05) is 10.6 Å². The second kappa shape index (κ2) is 11.2. The van der Waals surface area contributed by atoms with Gasteiger partial charge in [0.1, 0.15) is 0 Å². The molecule has 0 aliphatic rings. The molecule has 1 heterocycles. The van der Waals surface area contributed by atoms with E-state index >= 15 is 0 Å². The van der Waals surface area contributed by atoms with E-state index in [0.717, 1.165) is 21.0 Å². The van der Waals surface area contributed by atoms with E-state index in [4.69, 9.17) is 0 Å². The number of benzene rings is 3. The molecule has 3 aromatic carbocycles. The smallest absolute Gasteiger partial charge is 0.336 e. The molecule has 9 heteroatoms. The van der Waals surface area contributed by atoms with Crippen molar-refractivity contribution in [3.63, 3.8) is 0 Å². The molecule has 0 aliphatic heterocycles. The molecule has 1 atom stereocenters. The van der Waals surface area contributed by atoms with E-state index in [2.05, 4.69) is 15.6 Å². The molecule has 0 saturated carbocycles. The number of nitrogens with zero attached hydrogens (tertiary/aromatic N) is 1. The molecule has 0 fully saturated rings. The zero-order chi connectivity index (χ0) is 25.7. The van der Waals surface area contributed by atoms with Crippen molar-refractivity contribution < 1.29 is 19.5 Å². The molecule has 4 aromatic rings. The Kier molecular flexibility index (Phi) is 7.82. The summed E-state index contributed by atoms with van der Waals surface area (Å²) in [5.74, 6) is -1.82. The van der Waals surface area contributed by atoms with E-state index in [9.17, 15) is 19.5 Å². The van der Waals surface area contributed by atoms with E-state index < -0.39 is 11.9 Å². The number of hydrogen-bond donors (Lipinski definition) is 3. The SMILES string of the molecule is Cc1sc(NC(=O)C(C)Sc2ccc(NC(=O)c3ccccc3C(=O)O)cc2)nc1-c1ccccc1. The molecule has 0 aliphatic carbocycles. The van der Waals surface area contributed by atoms with Gasteiger partial charge in [0.15, 0.2) is 5.13 Å². The van der Waals surface area contributed by atoms with Crippen LogP contribution in [0.15, 0.2) is 83.8 Å². The highest BCUT2D eigenvalue weighted by molar-refractivity contribution is 8.00. The maximum Gasteiger partial charge on any atom is 0.336 e. The summed E-state index contributed by atoms with van der Waals surface area (Å²) in [6.07, 6.45) is 0. The summed E-state index contributed by atoms with van der Waals surface area (Å²) in [5, 5.41) is 15.1. The standard InChI is InChI=1S/C27H23N3O4S2/c1-16-23(18-8-4-3-5-9-18)29-27(36-16)30-24(31)17(2)35-20-14-12-19(13-15-20)28-25(32)21-10-6-7-11-22(21)26(33)34/h3-15,17H,1-2H3,(H,28,32)(H,33,34)(H,29,30,31). The Hall–Kier alpha value is -3.95. The normalized spacial score (nSPS) is 11.5. The Morgan fingerprint density at radius 1 is 0.889 bits per heavy atom. The van der Waals surface area contributed by atoms with Crippen molar-refractivity contribution in [3.8, 4) is 11.3 Å². The topological polar surface area (TPSA) is 108 Å². The van der Waals surface area contributed by atoms with Gasteiger partial charge in [-0.25, -0.2) is 9.78 Å². The second-order valence-corrected chi connectivity index (χ2v) is 10.5. The quantitative estimate of drug-likeness (QED) is 0.241. The molecular formula is C27H23N3O4S2. The molecule has 1 aromatic heterocycles. The van der Waals surface area contributed by atoms with Crippen LogP contribution in [0, 0.1) is 6.92 Å². The third-order valence-electron chi connectivity index (χ3n) is 5.27. The summed E-state index contributed by atoms with van der Waals surface area (Å²) in [7, 11) is 0. The van der Waals surface area contributed by atoms with Crippen LogP contribution >= 0.6 is 23.1 Å². The first kappa shape index (κ1) is 25.2. The Labute approximate surface area is 216 Å². The van der Waals surface area contributed by atoms with Crippen molar-refractivity contribution in [1.82, 2.24) is 4.98 Å². The number of carboxylic acids is 1. The third kappa shape index (κ3) is 5.99. The number of carbonyl (C=O) groups excluding carboxylic acids is 2. The first-order chi connectivity index (χ1) is 17.3. The van der Waals surface area contributed by atoms with Crippen molar-refractivity contribution >= 4 is 51.7 Å². The Morgan fingerprint density at radius 3 is 2.19 bits per heavy atom. The summed E-state index contributed by atoms with van der Waals surface area (Å²) in [6.45, 7) is 3.80. The lowest BCUT2D eigenvalue weighted by atomic mass is 10.1. The summed E-state index contributed by atoms with van der Waals surface area (Å²) in [4.78, 5) is 43.1. The van der Waals surface area contributed by atoms with Gasteiger partial charge in [0.2, 0.25) is 5.91 Å². The number of hydrogen-bond acceptors (Lipinski definition) is 6. The molecule has 7 nitrogen and oxygen atoms in total. The molecule has 1 unspecified atom stereocenters. The zero-order valence-electron chi connectivity index (χ0n) is 19.5. The summed E-state index contributed by atoms with van der Waals surface area (Å²) < 4.78 is 0. The maximum absolute atomic E-state index is 12.8. The number of thioether (sulfide) groups is 1. The van der Waals surface area contributed by atoms with Crippen LogP contribution in [0.3, 0.4) is 0 Å². The fraction of sp³-hybridized carbons (Fsp3) is 0.111. The average Bonchev–Trinajstić information content (AvgIpc) is 3.25. The number of aromatic carboxylic acids is 1. The van der Waals surface area contributed by atoms with Gasteiger partial charge >= 0.3 is 5.97 Å². The summed E-state index contributed by atoms with van der Waals surface area (Å²) in [5.41, 5.74) is 2.41. The number of carboxylic acid groups (broad SMARTS) is 1. The molecule has 0 radical (unpaired) electrons. The summed E-state index contributed by atoms with van der Waals surface area (Å²) >= 11 is 2.82. The first-order valence-corrected chi connectivity index (χ1v) is 12.8. The van der Waals surface area contributed by atoms with Gasteiger partial charge in [-0.05, 0) is 50.2 Å². The van der Waals surface area contributed by atoms with Gasteiger partial charge in [-0.1, -0.05) is 42.5 Å². The number of aromatic nitrogens is 1. The first-order valence-electron chi connectivity index (χ1n) is 11.1. The monoisotopic (exact) mass is 517 g/mol. The van der Waals surface area contributed by atoms with Crippen LogP contribution < -0.4 is 10.6 Å². The highest BCUT2D eigenvalue weighted by Crippen LogP contribution is 2.31. The number of rotatable bonds is 8. The van der Waals surface area contributed by atoms with Crippen molar-refractivity contribution in [2.45, 2.75) is 24.0 Å². The van der Waals surface area contributed by atoms with E-state index in [1.807, 2.05) is 44.2 Å². The van der Waals surface area contributed by atoms with E-state index in [-0.39, 0.29) is 22.3 Å². The van der Waals surface area contributed by atoms with Gasteiger partial charge in [0.05, 0.1) is 22.1 Å². The number of aryl methyl sites for hydroxylation is 1.